The molecule has 0 saturated carbocycles. The third-order valence-corrected chi connectivity index (χ3v) is 7.68. The fourth-order valence-electron chi connectivity index (χ4n) is 4.50. The highest BCUT2D eigenvalue weighted by Gasteiger charge is 2.38. The third kappa shape index (κ3) is 8.08. The number of carbonyl (C=O) groups excluding carboxylic acids is 2. The van der Waals surface area contributed by atoms with Crippen LogP contribution in [0.4, 0.5) is 23.8 Å². The number of morpholine rings is 1. The average molecular weight is 648 g/mol. The molecule has 3 amide bonds. The van der Waals surface area contributed by atoms with Crippen molar-refractivity contribution in [2.45, 2.75) is 19.5 Å². The molecule has 0 spiro atoms. The van der Waals surface area contributed by atoms with Gasteiger partial charge < -0.3 is 19.8 Å². The lowest BCUT2D eigenvalue weighted by atomic mass is 10.0. The van der Waals surface area contributed by atoms with Crippen molar-refractivity contribution in [1.29, 1.82) is 0 Å². The number of ether oxygens (including phenoxy) is 1. The molecule has 0 aromatic carbocycles. The molecule has 238 valence electrons. The molecule has 0 bridgehead atoms. The van der Waals surface area contributed by atoms with E-state index in [1.807, 2.05) is 0 Å². The number of hydrogen-bond acceptors (Lipinski definition) is 11. The summed E-state index contributed by atoms with van der Waals surface area (Å²) < 4.78 is 52.9. The van der Waals surface area contributed by atoms with E-state index < -0.39 is 36.0 Å². The molecule has 14 nitrogen and oxygen atoms in total. The van der Waals surface area contributed by atoms with Gasteiger partial charge in [-0.25, -0.2) is 24.7 Å². The number of nitrogens with one attached hydrogen (secondary N) is 4. The van der Waals surface area contributed by atoms with Crippen LogP contribution in [0.2, 0.25) is 0 Å². The molecule has 5 rings (SSSR count). The maximum Gasteiger partial charge on any atom is 0.434 e. The molecule has 0 atom stereocenters. The Bertz CT molecular complexity index is 1720. The molecule has 0 radical (unpaired) electrons. The second-order valence-electron chi connectivity index (χ2n) is 9.75. The largest absolute Gasteiger partial charge is 0.434 e. The van der Waals surface area contributed by atoms with E-state index in [2.05, 4.69) is 46.0 Å². The zero-order valence-corrected chi connectivity index (χ0v) is 24.7. The monoisotopic (exact) mass is 647 g/mol. The summed E-state index contributed by atoms with van der Waals surface area (Å²) in [5.41, 5.74) is 0.0145. The molecule has 4 N–H and O–H groups in total. The Balaban J connectivity index is 1.48. The number of thiazole rings is 1. The summed E-state index contributed by atoms with van der Waals surface area (Å²) in [5, 5.41) is 13.7. The first-order chi connectivity index (χ1) is 21.6. The number of pyridine rings is 2. The SMILES string of the molecule is CCNC(=O)Nc1cc(-c2nc(C(F)(F)F)c(CC(=O)NCCN3CCOCC3)s2)c(-c2cncc(-c3n[nH]c(=O)o3)c2)cn1. The standard InChI is InChI=1S/C27H28F3N9O5S/c1-2-32-25(41)35-20-10-17(18(14-34-20)15-9-16(13-31-12-15)23-37-38-26(42)44-23)24-36-22(27(28,29)30)19(45-24)11-21(40)33-3-4-39-5-7-43-8-6-39/h9-10,12-14H,2-8,11H2,1H3,(H,33,40)(H,38,42)(H2,32,34,35,41). The second-order valence-corrected chi connectivity index (χ2v) is 10.8. The van der Waals surface area contributed by atoms with Crippen molar-refractivity contribution < 1.29 is 31.9 Å². The normalized spacial score (nSPS) is 13.9. The lowest BCUT2D eigenvalue weighted by Gasteiger charge is -2.26. The smallest absolute Gasteiger partial charge is 0.388 e. The van der Waals surface area contributed by atoms with Crippen LogP contribution in [0.25, 0.3) is 33.2 Å². The minimum absolute atomic E-state index is 0.0473. The first-order valence-electron chi connectivity index (χ1n) is 13.8. The average Bonchev–Trinajstić information content (AvgIpc) is 3.64. The Morgan fingerprint density at radius 3 is 2.58 bits per heavy atom. The summed E-state index contributed by atoms with van der Waals surface area (Å²) in [4.78, 5) is 50.5. The maximum absolute atomic E-state index is 14.2. The van der Waals surface area contributed by atoms with Crippen molar-refractivity contribution in [2.24, 2.45) is 0 Å². The van der Waals surface area contributed by atoms with E-state index in [0.29, 0.717) is 67.4 Å². The van der Waals surface area contributed by atoms with Crippen molar-refractivity contribution in [2.75, 3.05) is 51.3 Å². The number of rotatable bonds is 10. The number of hydrogen-bond donors (Lipinski definition) is 4. The maximum atomic E-state index is 14.2. The van der Waals surface area contributed by atoms with E-state index in [-0.39, 0.29) is 33.7 Å². The summed E-state index contributed by atoms with van der Waals surface area (Å²) in [6, 6.07) is 2.38. The molecule has 0 aliphatic carbocycles. The van der Waals surface area contributed by atoms with Gasteiger partial charge in [-0.2, -0.15) is 13.2 Å². The van der Waals surface area contributed by atoms with Crippen molar-refractivity contribution in [3.8, 4) is 33.2 Å². The Kier molecular flexibility index (Phi) is 9.84. The molecule has 45 heavy (non-hydrogen) atoms. The Labute approximate surface area is 257 Å². The van der Waals surface area contributed by atoms with E-state index >= 15 is 0 Å². The molecule has 0 unspecified atom stereocenters. The van der Waals surface area contributed by atoms with Crippen molar-refractivity contribution in [1.82, 2.24) is 40.7 Å². The van der Waals surface area contributed by atoms with Crippen molar-refractivity contribution in [3.05, 3.63) is 51.8 Å². The van der Waals surface area contributed by atoms with Gasteiger partial charge in [0, 0.05) is 72.9 Å². The van der Waals surface area contributed by atoms with Gasteiger partial charge in [0.1, 0.15) is 10.8 Å². The van der Waals surface area contributed by atoms with Crippen molar-refractivity contribution in [3.63, 3.8) is 0 Å². The van der Waals surface area contributed by atoms with Crippen LogP contribution < -0.4 is 21.7 Å². The summed E-state index contributed by atoms with van der Waals surface area (Å²) in [7, 11) is 0. The minimum atomic E-state index is -4.84. The zero-order valence-electron chi connectivity index (χ0n) is 23.9. The highest BCUT2D eigenvalue weighted by Crippen LogP contribution is 2.41. The van der Waals surface area contributed by atoms with Gasteiger partial charge in [-0.05, 0) is 19.1 Å². The number of halogens is 3. The van der Waals surface area contributed by atoms with Gasteiger partial charge in [0.05, 0.1) is 25.2 Å². The zero-order chi connectivity index (χ0) is 32.0. The topological polar surface area (TPSA) is 180 Å². The van der Waals surface area contributed by atoms with Crippen LogP contribution in [0, 0.1) is 0 Å². The van der Waals surface area contributed by atoms with E-state index in [9.17, 15) is 27.6 Å². The number of carbonyl (C=O) groups is 2. The number of aromatic nitrogens is 5. The van der Waals surface area contributed by atoms with Crippen LogP contribution in [-0.2, 0) is 22.1 Å². The fourth-order valence-corrected chi connectivity index (χ4v) is 5.61. The number of anilines is 1. The summed E-state index contributed by atoms with van der Waals surface area (Å²) in [5.74, 6) is -1.35. The van der Waals surface area contributed by atoms with Gasteiger partial charge in [-0.15, -0.1) is 16.4 Å². The van der Waals surface area contributed by atoms with Crippen LogP contribution in [0.5, 0.6) is 0 Å². The Morgan fingerprint density at radius 2 is 1.87 bits per heavy atom. The summed E-state index contributed by atoms with van der Waals surface area (Å²) in [6.45, 7) is 5.47. The first kappa shape index (κ1) is 31.7. The van der Waals surface area contributed by atoms with E-state index in [0.717, 1.165) is 0 Å². The van der Waals surface area contributed by atoms with Crippen LogP contribution >= 0.6 is 11.3 Å². The summed E-state index contributed by atoms with van der Waals surface area (Å²) >= 11 is 0.707. The van der Waals surface area contributed by atoms with Gasteiger partial charge in [-0.1, -0.05) is 0 Å². The number of aromatic amines is 1. The van der Waals surface area contributed by atoms with Crippen molar-refractivity contribution >= 4 is 29.1 Å². The third-order valence-electron chi connectivity index (χ3n) is 6.59. The second kappa shape index (κ2) is 14.0. The van der Waals surface area contributed by atoms with E-state index in [4.69, 9.17) is 9.15 Å². The van der Waals surface area contributed by atoms with E-state index in [1.54, 1.807) is 13.0 Å². The van der Waals surface area contributed by atoms with Gasteiger partial charge in [0.25, 0.3) is 5.89 Å². The van der Waals surface area contributed by atoms with Gasteiger partial charge >= 0.3 is 18.0 Å². The lowest BCUT2D eigenvalue weighted by Crippen LogP contribution is -2.41. The fraction of sp³-hybridized carbons (Fsp3) is 0.370. The number of alkyl halides is 3. The number of urea groups is 1. The molecular formula is C27H28F3N9O5S. The van der Waals surface area contributed by atoms with Crippen LogP contribution in [0.15, 0.2) is 39.9 Å². The number of H-pyrrole nitrogens is 1. The Morgan fingerprint density at radius 1 is 1.09 bits per heavy atom. The highest BCUT2D eigenvalue weighted by atomic mass is 32.1. The molecular weight excluding hydrogens is 619 g/mol. The first-order valence-corrected chi connectivity index (χ1v) is 14.6. The van der Waals surface area contributed by atoms with E-state index in [1.165, 1.54) is 24.7 Å². The van der Waals surface area contributed by atoms with Gasteiger partial charge in [0.15, 0.2) is 5.69 Å². The van der Waals surface area contributed by atoms with Crippen LogP contribution in [0.3, 0.4) is 0 Å². The van der Waals surface area contributed by atoms with Crippen LogP contribution in [0.1, 0.15) is 17.5 Å². The highest BCUT2D eigenvalue weighted by molar-refractivity contribution is 7.15. The molecule has 1 aliphatic heterocycles. The van der Waals surface area contributed by atoms with Gasteiger partial charge in [0.2, 0.25) is 5.91 Å². The predicted molar refractivity (Wildman–Crippen MR) is 156 cm³/mol. The minimum Gasteiger partial charge on any atom is -0.388 e. The number of amides is 3. The Hall–Kier alpha value is -4.68. The molecule has 1 saturated heterocycles. The number of nitrogens with zero attached hydrogens (tertiary/aromatic N) is 5. The molecule has 1 aliphatic rings. The molecule has 1 fully saturated rings. The molecule has 4 aromatic rings. The quantitative estimate of drug-likeness (QED) is 0.200. The molecule has 5 heterocycles. The summed E-state index contributed by atoms with van der Waals surface area (Å²) in [6.07, 6.45) is -1.19. The lowest BCUT2D eigenvalue weighted by molar-refractivity contribution is -0.141. The van der Waals surface area contributed by atoms with Crippen LogP contribution in [-0.4, -0.2) is 87.9 Å². The molecule has 18 heteroatoms. The molecule has 4 aromatic heterocycles. The predicted octanol–water partition coefficient (Wildman–Crippen LogP) is 2.76. The van der Waals surface area contributed by atoms with Gasteiger partial charge in [-0.3, -0.25) is 20.0 Å².